The predicted octanol–water partition coefficient (Wildman–Crippen LogP) is 1.21. The van der Waals surface area contributed by atoms with E-state index in [1.165, 1.54) is 6.07 Å². The largest absolute Gasteiger partial charge is 0.417 e. The van der Waals surface area contributed by atoms with E-state index < -0.39 is 30.3 Å². The molecule has 132 valence electrons. The molecule has 1 unspecified atom stereocenters. The minimum Gasteiger partial charge on any atom is -0.363 e. The van der Waals surface area contributed by atoms with E-state index >= 15 is 0 Å². The Bertz CT molecular complexity index is 673. The average molecular weight is 346 g/mol. The Morgan fingerprint density at radius 3 is 2.75 bits per heavy atom. The number of amides is 1. The van der Waals surface area contributed by atoms with Crippen molar-refractivity contribution >= 4 is 5.91 Å². The summed E-state index contributed by atoms with van der Waals surface area (Å²) in [6, 6.07) is 2.47. The second-order valence-electron chi connectivity index (χ2n) is 5.83. The molecule has 1 aromatic rings. The number of H-pyrrole nitrogens is 1. The van der Waals surface area contributed by atoms with Crippen LogP contribution in [0.3, 0.4) is 0 Å². The SMILES string of the molecule is O=C(NC1CCCc2[nH]c(=O)ccc21)[C@H]1OCCO[C@H]1C(F)(F)F. The van der Waals surface area contributed by atoms with E-state index in [1.54, 1.807) is 6.07 Å². The lowest BCUT2D eigenvalue weighted by atomic mass is 9.91. The number of carbonyl (C=O) groups excluding carboxylic acids is 1. The van der Waals surface area contributed by atoms with Gasteiger partial charge in [-0.05, 0) is 30.9 Å². The van der Waals surface area contributed by atoms with Gasteiger partial charge in [0.15, 0.2) is 12.2 Å². The standard InChI is InChI=1S/C15H17F3N2O4/c16-15(17,18)13-12(23-6-7-24-13)14(22)20-10-3-1-2-9-8(10)4-5-11(21)19-9/h4-5,10,12-13H,1-3,6-7H2,(H,19,21)(H,20,22)/t10?,12-,13+/m0/s1. The molecule has 1 fully saturated rings. The van der Waals surface area contributed by atoms with Crippen molar-refractivity contribution in [1.29, 1.82) is 0 Å². The fourth-order valence-electron chi connectivity index (χ4n) is 3.11. The third-order valence-corrected chi connectivity index (χ3v) is 4.18. The van der Waals surface area contributed by atoms with E-state index in [1.807, 2.05) is 0 Å². The van der Waals surface area contributed by atoms with Gasteiger partial charge in [-0.1, -0.05) is 0 Å². The van der Waals surface area contributed by atoms with Crippen molar-refractivity contribution < 1.29 is 27.4 Å². The van der Waals surface area contributed by atoms with Crippen molar-refractivity contribution in [2.45, 2.75) is 43.7 Å². The number of hydrogen-bond donors (Lipinski definition) is 2. The van der Waals surface area contributed by atoms with Crippen molar-refractivity contribution in [3.8, 4) is 0 Å². The van der Waals surface area contributed by atoms with Gasteiger partial charge in [-0.15, -0.1) is 0 Å². The van der Waals surface area contributed by atoms with Crippen LogP contribution in [0.4, 0.5) is 13.2 Å². The van der Waals surface area contributed by atoms with Crippen LogP contribution in [-0.4, -0.2) is 42.5 Å². The summed E-state index contributed by atoms with van der Waals surface area (Å²) in [5, 5.41) is 2.60. The van der Waals surface area contributed by atoms with Crippen molar-refractivity contribution in [3.63, 3.8) is 0 Å². The first-order valence-corrected chi connectivity index (χ1v) is 7.68. The summed E-state index contributed by atoms with van der Waals surface area (Å²) in [5.41, 5.74) is 1.17. The number of alkyl halides is 3. The molecule has 0 bridgehead atoms. The summed E-state index contributed by atoms with van der Waals surface area (Å²) in [6.07, 6.45) is -6.74. The zero-order chi connectivity index (χ0) is 17.3. The smallest absolute Gasteiger partial charge is 0.363 e. The molecule has 0 spiro atoms. The van der Waals surface area contributed by atoms with Crippen molar-refractivity contribution in [1.82, 2.24) is 10.3 Å². The van der Waals surface area contributed by atoms with Crippen LogP contribution in [0.5, 0.6) is 0 Å². The lowest BCUT2D eigenvalue weighted by molar-refractivity contribution is -0.272. The van der Waals surface area contributed by atoms with Gasteiger partial charge in [0.05, 0.1) is 19.3 Å². The first-order valence-electron chi connectivity index (χ1n) is 7.68. The van der Waals surface area contributed by atoms with E-state index in [-0.39, 0.29) is 18.8 Å². The maximum Gasteiger partial charge on any atom is 0.417 e. The van der Waals surface area contributed by atoms with Gasteiger partial charge in [0.1, 0.15) is 0 Å². The highest BCUT2D eigenvalue weighted by atomic mass is 19.4. The summed E-state index contributed by atoms with van der Waals surface area (Å²) in [5.74, 6) is -0.860. The van der Waals surface area contributed by atoms with Crippen LogP contribution in [0.15, 0.2) is 16.9 Å². The summed E-state index contributed by atoms with van der Waals surface area (Å²) in [4.78, 5) is 26.4. The molecule has 0 saturated carbocycles. The molecule has 9 heteroatoms. The van der Waals surface area contributed by atoms with Gasteiger partial charge in [-0.25, -0.2) is 0 Å². The van der Waals surface area contributed by atoms with Gasteiger partial charge in [-0.2, -0.15) is 13.2 Å². The van der Waals surface area contributed by atoms with Gasteiger partial charge >= 0.3 is 6.18 Å². The number of pyridine rings is 1. The first kappa shape index (κ1) is 17.0. The third-order valence-electron chi connectivity index (χ3n) is 4.18. The Labute approximate surface area is 135 Å². The molecule has 1 aromatic heterocycles. The minimum atomic E-state index is -4.68. The topological polar surface area (TPSA) is 80.4 Å². The van der Waals surface area contributed by atoms with Crippen LogP contribution in [-0.2, 0) is 20.7 Å². The van der Waals surface area contributed by atoms with E-state index in [4.69, 9.17) is 9.47 Å². The number of aromatic amines is 1. The molecule has 2 N–H and O–H groups in total. The van der Waals surface area contributed by atoms with Gasteiger partial charge in [0.25, 0.3) is 5.91 Å². The fraction of sp³-hybridized carbons (Fsp3) is 0.600. The summed E-state index contributed by atoms with van der Waals surface area (Å²) < 4.78 is 48.7. The molecule has 6 nitrogen and oxygen atoms in total. The molecular formula is C15H17F3N2O4. The molecule has 0 aromatic carbocycles. The van der Waals surface area contributed by atoms with Crippen LogP contribution >= 0.6 is 0 Å². The minimum absolute atomic E-state index is 0.0702. The van der Waals surface area contributed by atoms with Gasteiger partial charge < -0.3 is 19.8 Å². The van der Waals surface area contributed by atoms with E-state index in [9.17, 15) is 22.8 Å². The molecule has 2 heterocycles. The number of aryl methyl sites for hydroxylation is 1. The quantitative estimate of drug-likeness (QED) is 0.844. The Kier molecular flexibility index (Phi) is 4.64. The number of ether oxygens (including phenoxy) is 2. The molecule has 2 aliphatic rings. The molecule has 1 aliphatic heterocycles. The van der Waals surface area contributed by atoms with Crippen molar-refractivity contribution in [2.75, 3.05) is 13.2 Å². The Morgan fingerprint density at radius 2 is 2.00 bits per heavy atom. The summed E-state index contributed by atoms with van der Waals surface area (Å²) in [6.45, 7) is -0.277. The van der Waals surface area contributed by atoms with Gasteiger partial charge in [0, 0.05) is 11.8 Å². The van der Waals surface area contributed by atoms with Crippen LogP contribution in [0, 0.1) is 0 Å². The van der Waals surface area contributed by atoms with Gasteiger partial charge in [-0.3, -0.25) is 9.59 Å². The highest BCUT2D eigenvalue weighted by molar-refractivity contribution is 5.82. The summed E-state index contributed by atoms with van der Waals surface area (Å²) in [7, 11) is 0. The average Bonchev–Trinajstić information content (AvgIpc) is 2.54. The molecule has 0 radical (unpaired) electrons. The molecule has 24 heavy (non-hydrogen) atoms. The lowest BCUT2D eigenvalue weighted by Gasteiger charge is -2.34. The highest BCUT2D eigenvalue weighted by Gasteiger charge is 2.51. The molecule has 1 saturated heterocycles. The molecule has 3 rings (SSSR count). The first-order chi connectivity index (χ1) is 11.4. The Morgan fingerprint density at radius 1 is 1.25 bits per heavy atom. The molecular weight excluding hydrogens is 329 g/mol. The highest BCUT2D eigenvalue weighted by Crippen LogP contribution is 2.31. The second kappa shape index (κ2) is 6.56. The summed E-state index contributed by atoms with van der Waals surface area (Å²) >= 11 is 0. The number of fused-ring (bicyclic) bond motifs is 1. The van der Waals surface area contributed by atoms with Crippen molar-refractivity contribution in [2.24, 2.45) is 0 Å². The van der Waals surface area contributed by atoms with E-state index in [0.717, 1.165) is 5.56 Å². The zero-order valence-electron chi connectivity index (χ0n) is 12.7. The van der Waals surface area contributed by atoms with Crippen LogP contribution in [0.25, 0.3) is 0 Å². The number of aromatic nitrogens is 1. The maximum absolute atomic E-state index is 13.0. The zero-order valence-corrected chi connectivity index (χ0v) is 12.7. The van der Waals surface area contributed by atoms with Crippen LogP contribution in [0.2, 0.25) is 0 Å². The fourth-order valence-corrected chi connectivity index (χ4v) is 3.11. The Balaban J connectivity index is 1.76. The van der Waals surface area contributed by atoms with E-state index in [0.29, 0.717) is 25.0 Å². The molecule has 1 amide bonds. The number of halogens is 3. The van der Waals surface area contributed by atoms with Crippen LogP contribution in [0.1, 0.15) is 30.1 Å². The van der Waals surface area contributed by atoms with Gasteiger partial charge in [0.2, 0.25) is 5.56 Å². The predicted molar refractivity (Wildman–Crippen MR) is 76.4 cm³/mol. The maximum atomic E-state index is 13.0. The normalized spacial score (nSPS) is 27.4. The van der Waals surface area contributed by atoms with Crippen molar-refractivity contribution in [3.05, 3.63) is 33.7 Å². The molecule has 3 atom stereocenters. The van der Waals surface area contributed by atoms with Crippen LogP contribution < -0.4 is 10.9 Å². The number of nitrogens with one attached hydrogen (secondary N) is 2. The number of carbonyl (C=O) groups is 1. The monoisotopic (exact) mass is 346 g/mol. The Hall–Kier alpha value is -1.87. The third kappa shape index (κ3) is 3.46. The lowest BCUT2D eigenvalue weighted by Crippen LogP contribution is -2.55. The number of rotatable bonds is 2. The van der Waals surface area contributed by atoms with E-state index in [2.05, 4.69) is 10.3 Å². The number of hydrogen-bond acceptors (Lipinski definition) is 4. The molecule has 1 aliphatic carbocycles. The second-order valence-corrected chi connectivity index (χ2v) is 5.83.